The Balaban J connectivity index is 3.40. The van der Waals surface area contributed by atoms with Crippen LogP contribution in [0.2, 0.25) is 0 Å². The zero-order valence-electron chi connectivity index (χ0n) is 7.25. The van der Waals surface area contributed by atoms with Gasteiger partial charge >= 0.3 is 11.3 Å². The average molecular weight is 318 g/mol. The van der Waals surface area contributed by atoms with Gasteiger partial charge in [0.25, 0.3) is 0 Å². The maximum atomic E-state index is 10.8. The normalized spacial score (nSPS) is 9.38. The molecule has 0 bridgehead atoms. The van der Waals surface area contributed by atoms with Crippen molar-refractivity contribution in [1.29, 1.82) is 0 Å². The molecule has 0 aliphatic heterocycles. The first-order valence-electron chi connectivity index (χ1n) is 3.71. The highest BCUT2D eigenvalue weighted by molar-refractivity contribution is 14.1. The number of alkyl halides is 1. The summed E-state index contributed by atoms with van der Waals surface area (Å²) in [5.74, 6) is 0.188. The van der Waals surface area contributed by atoms with Crippen molar-refractivity contribution in [3.8, 4) is 0 Å². The van der Waals surface area contributed by atoms with Crippen LogP contribution in [-0.4, -0.2) is 34.7 Å². The molecule has 0 spiro atoms. The molecule has 13 heavy (non-hydrogen) atoms. The van der Waals surface area contributed by atoms with Crippen LogP contribution in [0.25, 0.3) is 0 Å². The Hall–Kier alpha value is 0.0200. The second-order valence-electron chi connectivity index (χ2n) is 1.88. The van der Waals surface area contributed by atoms with Crippen LogP contribution in [0, 0.1) is 0 Å². The largest absolute Gasteiger partial charge is 0.463 e. The summed E-state index contributed by atoms with van der Waals surface area (Å²) in [6.07, 6.45) is 0. The van der Waals surface area contributed by atoms with Crippen LogP contribution in [0.3, 0.4) is 0 Å². The summed E-state index contributed by atoms with van der Waals surface area (Å²) >= 11 is 3.22. The van der Waals surface area contributed by atoms with Crippen molar-refractivity contribution in [2.45, 2.75) is 6.92 Å². The molecule has 0 aromatic carbocycles. The van der Waals surface area contributed by atoms with E-state index < -0.39 is 11.3 Å². The Morgan fingerprint density at radius 3 is 2.62 bits per heavy atom. The Morgan fingerprint density at radius 2 is 2.08 bits per heavy atom. The molecule has 76 valence electrons. The summed E-state index contributed by atoms with van der Waals surface area (Å²) in [5, 5.41) is -0.426. The van der Waals surface area contributed by atoms with E-state index in [1.165, 1.54) is 0 Å². The summed E-state index contributed by atoms with van der Waals surface area (Å²) < 4.78 is 10.0. The topological polar surface area (TPSA) is 52.6 Å². The molecule has 0 amide bonds. The molecule has 0 N–H and O–H groups in total. The minimum atomic E-state index is -0.508. The summed E-state index contributed by atoms with van der Waals surface area (Å²) in [7, 11) is 0. The van der Waals surface area contributed by atoms with Crippen LogP contribution in [0.15, 0.2) is 0 Å². The predicted molar refractivity (Wildman–Crippen MR) is 59.3 cm³/mol. The van der Waals surface area contributed by atoms with Crippen molar-refractivity contribution >= 4 is 45.6 Å². The molecule has 0 rings (SSSR count). The highest BCUT2D eigenvalue weighted by atomic mass is 127. The lowest BCUT2D eigenvalue weighted by atomic mass is 10.7. The van der Waals surface area contributed by atoms with Gasteiger partial charge in [0.05, 0.1) is 6.61 Å². The number of halogens is 1. The van der Waals surface area contributed by atoms with Gasteiger partial charge in [-0.1, -0.05) is 22.6 Å². The molecule has 0 aliphatic rings. The molecule has 0 aliphatic carbocycles. The number of rotatable bonds is 5. The lowest BCUT2D eigenvalue weighted by Gasteiger charge is -2.02. The minimum absolute atomic E-state index is 0.291. The first kappa shape index (κ1) is 13.0. The van der Waals surface area contributed by atoms with Gasteiger partial charge in [-0.3, -0.25) is 0 Å². The van der Waals surface area contributed by atoms with Gasteiger partial charge in [0.2, 0.25) is 0 Å². The van der Waals surface area contributed by atoms with Crippen LogP contribution in [0.4, 0.5) is 4.79 Å². The van der Waals surface area contributed by atoms with Gasteiger partial charge in [0, 0.05) is 10.2 Å². The van der Waals surface area contributed by atoms with Crippen molar-refractivity contribution in [2.75, 3.05) is 23.4 Å². The Kier molecular flexibility index (Phi) is 8.62. The van der Waals surface area contributed by atoms with Crippen molar-refractivity contribution in [3.63, 3.8) is 0 Å². The number of carbonyl (C=O) groups is 2. The fourth-order valence-electron chi connectivity index (χ4n) is 0.484. The van der Waals surface area contributed by atoms with Crippen molar-refractivity contribution in [2.24, 2.45) is 0 Å². The molecule has 4 nitrogen and oxygen atoms in total. The number of carbonyl (C=O) groups excluding carboxylic acids is 2. The van der Waals surface area contributed by atoms with Crippen molar-refractivity contribution in [3.05, 3.63) is 0 Å². The molecule has 0 unspecified atom stereocenters. The molecule has 0 atom stereocenters. The van der Waals surface area contributed by atoms with Gasteiger partial charge in [-0.25, -0.2) is 9.59 Å². The first-order valence-corrected chi connectivity index (χ1v) is 6.23. The Labute approximate surface area is 94.9 Å². The van der Waals surface area contributed by atoms with E-state index in [1.807, 2.05) is 0 Å². The van der Waals surface area contributed by atoms with Gasteiger partial charge < -0.3 is 9.47 Å². The molecule has 6 heteroatoms. The van der Waals surface area contributed by atoms with Gasteiger partial charge in [0.15, 0.2) is 6.61 Å². The predicted octanol–water partition coefficient (Wildman–Crippen LogP) is 1.85. The first-order chi connectivity index (χ1) is 6.20. The van der Waals surface area contributed by atoms with Crippen LogP contribution in [0.5, 0.6) is 0 Å². The van der Waals surface area contributed by atoms with E-state index in [4.69, 9.17) is 0 Å². The van der Waals surface area contributed by atoms with Crippen LogP contribution in [0.1, 0.15) is 6.92 Å². The number of hydrogen-bond acceptors (Lipinski definition) is 5. The molecule has 0 aromatic rings. The standard InChI is InChI=1S/C7H11IO4S/c1-2-11-6(9)5-12-7(10)13-4-3-8/h2-5H2,1H3. The third-order valence-electron chi connectivity index (χ3n) is 0.910. The summed E-state index contributed by atoms with van der Waals surface area (Å²) in [5.41, 5.74) is 0. The Bertz CT molecular complexity index is 174. The maximum Gasteiger partial charge on any atom is 0.367 e. The van der Waals surface area contributed by atoms with E-state index in [1.54, 1.807) is 6.92 Å². The smallest absolute Gasteiger partial charge is 0.367 e. The number of hydrogen-bond donors (Lipinski definition) is 0. The lowest BCUT2D eigenvalue weighted by Crippen LogP contribution is -2.14. The monoisotopic (exact) mass is 318 g/mol. The SMILES string of the molecule is CCOC(=O)COC(=O)SCCI. The van der Waals surface area contributed by atoms with E-state index >= 15 is 0 Å². The van der Waals surface area contributed by atoms with Crippen LogP contribution >= 0.6 is 34.4 Å². The van der Waals surface area contributed by atoms with Crippen LogP contribution in [-0.2, 0) is 14.3 Å². The third-order valence-corrected chi connectivity index (χ3v) is 2.94. The highest BCUT2D eigenvalue weighted by Gasteiger charge is 2.07. The van der Waals surface area contributed by atoms with Gasteiger partial charge in [0.1, 0.15) is 0 Å². The van der Waals surface area contributed by atoms with E-state index in [-0.39, 0.29) is 6.61 Å². The highest BCUT2D eigenvalue weighted by Crippen LogP contribution is 2.06. The number of esters is 1. The second-order valence-corrected chi connectivity index (χ2v) is 3.99. The molecule has 0 aromatic heterocycles. The molecule has 0 radical (unpaired) electrons. The Morgan fingerprint density at radius 1 is 1.38 bits per heavy atom. The average Bonchev–Trinajstić information content (AvgIpc) is 2.12. The van der Waals surface area contributed by atoms with Crippen molar-refractivity contribution < 1.29 is 19.1 Å². The van der Waals surface area contributed by atoms with E-state index in [2.05, 4.69) is 32.1 Å². The van der Waals surface area contributed by atoms with E-state index in [0.29, 0.717) is 12.4 Å². The molecule has 0 fully saturated rings. The van der Waals surface area contributed by atoms with E-state index in [0.717, 1.165) is 16.2 Å². The quantitative estimate of drug-likeness (QED) is 0.440. The minimum Gasteiger partial charge on any atom is -0.463 e. The zero-order valence-corrected chi connectivity index (χ0v) is 10.2. The van der Waals surface area contributed by atoms with E-state index in [9.17, 15) is 9.59 Å². The number of thioether (sulfide) groups is 1. The zero-order chi connectivity index (χ0) is 10.1. The fraction of sp³-hybridized carbons (Fsp3) is 0.714. The third kappa shape index (κ3) is 8.35. The summed E-state index contributed by atoms with van der Waals surface area (Å²) in [6, 6.07) is 0. The van der Waals surface area contributed by atoms with Crippen LogP contribution < -0.4 is 0 Å². The van der Waals surface area contributed by atoms with Crippen molar-refractivity contribution in [1.82, 2.24) is 0 Å². The molecule has 0 saturated carbocycles. The summed E-state index contributed by atoms with van der Waals surface area (Å²) in [4.78, 5) is 21.6. The van der Waals surface area contributed by atoms with Gasteiger partial charge in [-0.2, -0.15) is 0 Å². The maximum absolute atomic E-state index is 10.8. The molecular weight excluding hydrogens is 307 g/mol. The molecule has 0 heterocycles. The second kappa shape index (κ2) is 8.61. The number of ether oxygens (including phenoxy) is 2. The van der Waals surface area contributed by atoms with Gasteiger partial charge in [-0.15, -0.1) is 0 Å². The molecule has 0 saturated heterocycles. The lowest BCUT2D eigenvalue weighted by molar-refractivity contribution is -0.146. The fourth-order valence-corrected chi connectivity index (χ4v) is 1.53. The van der Waals surface area contributed by atoms with Gasteiger partial charge in [-0.05, 0) is 18.7 Å². The molecular formula is C7H11IO4S. The summed E-state index contributed by atoms with van der Waals surface area (Å²) in [6.45, 7) is 1.71.